The van der Waals surface area contributed by atoms with Crippen LogP contribution in [0, 0.1) is 5.41 Å². The smallest absolute Gasteiger partial charge is 0.337 e. The van der Waals surface area contributed by atoms with Crippen LogP contribution in [0.5, 0.6) is 0 Å². The number of hydrogen-bond donors (Lipinski definition) is 2. The van der Waals surface area contributed by atoms with Gasteiger partial charge in [0.2, 0.25) is 5.91 Å². The van der Waals surface area contributed by atoms with Crippen molar-refractivity contribution in [1.29, 1.82) is 0 Å². The number of nitrogens with zero attached hydrogens (tertiary/aromatic N) is 2. The highest BCUT2D eigenvalue weighted by Crippen LogP contribution is 2.19. The van der Waals surface area contributed by atoms with Gasteiger partial charge in [0.1, 0.15) is 6.04 Å². The van der Waals surface area contributed by atoms with Crippen molar-refractivity contribution in [3.8, 4) is 0 Å². The maximum Gasteiger partial charge on any atom is 0.337 e. The molecule has 0 saturated carbocycles. The van der Waals surface area contributed by atoms with E-state index in [1.54, 1.807) is 45.0 Å². The highest BCUT2D eigenvalue weighted by molar-refractivity contribution is 5.92. The van der Waals surface area contributed by atoms with Crippen molar-refractivity contribution in [2.24, 2.45) is 11.1 Å². The molecule has 124 valence electrons. The van der Waals surface area contributed by atoms with Crippen molar-refractivity contribution in [3.63, 3.8) is 0 Å². The molecular formula is C16H22N4O3. The van der Waals surface area contributed by atoms with Gasteiger partial charge in [0.05, 0.1) is 11.0 Å². The predicted molar refractivity (Wildman–Crippen MR) is 88.2 cm³/mol. The fourth-order valence-corrected chi connectivity index (χ4v) is 2.61. The highest BCUT2D eigenvalue weighted by atomic mass is 16.2. The summed E-state index contributed by atoms with van der Waals surface area (Å²) >= 11 is 0. The Morgan fingerprint density at radius 2 is 1.78 bits per heavy atom. The van der Waals surface area contributed by atoms with Crippen molar-refractivity contribution in [2.45, 2.75) is 40.3 Å². The number of fused-ring (bicyclic) bond motifs is 1. The molecule has 0 aliphatic rings. The van der Waals surface area contributed by atoms with Gasteiger partial charge in [0.25, 0.3) is 0 Å². The van der Waals surface area contributed by atoms with Gasteiger partial charge in [0, 0.05) is 6.54 Å². The lowest BCUT2D eigenvalue weighted by molar-refractivity contribution is -0.122. The first-order valence-corrected chi connectivity index (χ1v) is 7.49. The van der Waals surface area contributed by atoms with Crippen LogP contribution in [-0.4, -0.2) is 27.1 Å². The van der Waals surface area contributed by atoms with Crippen LogP contribution in [0.1, 0.15) is 27.7 Å². The monoisotopic (exact) mass is 318 g/mol. The average molecular weight is 318 g/mol. The second kappa shape index (κ2) is 5.91. The number of hydrogen-bond acceptors (Lipinski definition) is 3. The molecule has 0 saturated heterocycles. The average Bonchev–Trinajstić information content (AvgIpc) is 2.74. The minimum Gasteiger partial charge on any atom is -0.368 e. The van der Waals surface area contributed by atoms with Crippen LogP contribution in [-0.2, 0) is 11.3 Å². The Kier molecular flexibility index (Phi) is 4.31. The van der Waals surface area contributed by atoms with Crippen molar-refractivity contribution in [2.75, 3.05) is 0 Å². The molecule has 23 heavy (non-hydrogen) atoms. The summed E-state index contributed by atoms with van der Waals surface area (Å²) < 4.78 is 2.55. The summed E-state index contributed by atoms with van der Waals surface area (Å²) in [6, 6.07) is 5.49. The Hall–Kier alpha value is -2.57. The largest absolute Gasteiger partial charge is 0.368 e. The molecule has 2 rings (SSSR count). The lowest BCUT2D eigenvalue weighted by Gasteiger charge is -2.28. The molecule has 7 heteroatoms. The van der Waals surface area contributed by atoms with Crippen molar-refractivity contribution < 1.29 is 9.59 Å². The molecule has 0 bridgehead atoms. The highest BCUT2D eigenvalue weighted by Gasteiger charge is 2.32. The van der Waals surface area contributed by atoms with Crippen LogP contribution < -0.4 is 16.7 Å². The molecule has 0 radical (unpaired) electrons. The van der Waals surface area contributed by atoms with E-state index in [1.165, 1.54) is 4.57 Å². The zero-order chi connectivity index (χ0) is 17.4. The number of benzene rings is 1. The van der Waals surface area contributed by atoms with Crippen LogP contribution in [0.4, 0.5) is 4.79 Å². The van der Waals surface area contributed by atoms with E-state index in [4.69, 9.17) is 5.73 Å². The molecule has 1 aromatic carbocycles. The molecule has 1 heterocycles. The Balaban J connectivity index is 2.52. The summed E-state index contributed by atoms with van der Waals surface area (Å²) in [6.07, 6.45) is 0. The Morgan fingerprint density at radius 3 is 2.26 bits per heavy atom. The lowest BCUT2D eigenvalue weighted by atomic mass is 9.86. The summed E-state index contributed by atoms with van der Waals surface area (Å²) in [5.41, 5.74) is 5.54. The maximum atomic E-state index is 12.6. The van der Waals surface area contributed by atoms with Crippen LogP contribution in [0.15, 0.2) is 29.1 Å². The van der Waals surface area contributed by atoms with E-state index >= 15 is 0 Å². The number of rotatable bonds is 3. The van der Waals surface area contributed by atoms with E-state index in [9.17, 15) is 14.4 Å². The molecule has 1 atom stereocenters. The Labute approximate surface area is 134 Å². The van der Waals surface area contributed by atoms with Crippen LogP contribution in [0.25, 0.3) is 11.0 Å². The summed E-state index contributed by atoms with van der Waals surface area (Å²) in [4.78, 5) is 36.7. The second-order valence-electron chi connectivity index (χ2n) is 6.50. The van der Waals surface area contributed by atoms with E-state index in [0.29, 0.717) is 17.6 Å². The fourth-order valence-electron chi connectivity index (χ4n) is 2.61. The summed E-state index contributed by atoms with van der Waals surface area (Å²) in [6.45, 7) is 7.65. The Morgan fingerprint density at radius 1 is 1.22 bits per heavy atom. The van der Waals surface area contributed by atoms with Crippen LogP contribution in [0.3, 0.4) is 0 Å². The molecule has 1 aromatic heterocycles. The quantitative estimate of drug-likeness (QED) is 0.891. The third-order valence-electron chi connectivity index (χ3n) is 3.77. The number of aromatic nitrogens is 2. The van der Waals surface area contributed by atoms with Crippen molar-refractivity contribution in [3.05, 3.63) is 34.7 Å². The topological polar surface area (TPSA) is 99.1 Å². The maximum absolute atomic E-state index is 12.6. The Bertz CT molecular complexity index is 811. The third kappa shape index (κ3) is 2.99. The molecule has 2 aromatic rings. The number of amides is 2. The number of carbonyl (C=O) groups is 2. The third-order valence-corrected chi connectivity index (χ3v) is 3.77. The van der Waals surface area contributed by atoms with Gasteiger partial charge in [-0.1, -0.05) is 32.9 Å². The summed E-state index contributed by atoms with van der Waals surface area (Å²) in [5, 5.41) is 2.58. The molecule has 0 aliphatic heterocycles. The first kappa shape index (κ1) is 16.8. The second-order valence-corrected chi connectivity index (χ2v) is 6.50. The number of primary amides is 1. The molecule has 3 N–H and O–H groups in total. The fraction of sp³-hybridized carbons (Fsp3) is 0.438. The van der Waals surface area contributed by atoms with Gasteiger partial charge in [-0.05, 0) is 24.5 Å². The summed E-state index contributed by atoms with van der Waals surface area (Å²) in [5.74, 6) is -0.641. The molecule has 0 aliphatic carbocycles. The number of imidazole rings is 1. The zero-order valence-electron chi connectivity index (χ0n) is 13.8. The van der Waals surface area contributed by atoms with E-state index in [2.05, 4.69) is 5.32 Å². The van der Waals surface area contributed by atoms with Gasteiger partial charge in [-0.15, -0.1) is 0 Å². The number of carbonyl (C=O) groups excluding carboxylic acids is 2. The standard InChI is InChI=1S/C16H22N4O3/c1-5-19-10-8-6-7-9-11(10)20(15(19)23)14(22)18-12(13(17)21)16(2,3)4/h6-9,12H,5H2,1-4H3,(H2,17,21)(H,18,22)/t12-/m1/s1. The van der Waals surface area contributed by atoms with E-state index in [-0.39, 0.29) is 0 Å². The molecule has 0 fully saturated rings. The van der Waals surface area contributed by atoms with E-state index < -0.39 is 29.1 Å². The SMILES string of the molecule is CCn1c(=O)n(C(=O)N[C@H](C(N)=O)C(C)(C)C)c2ccccc21. The van der Waals surface area contributed by atoms with Crippen LogP contribution in [0.2, 0.25) is 0 Å². The molecule has 7 nitrogen and oxygen atoms in total. The first-order chi connectivity index (χ1) is 10.7. The van der Waals surface area contributed by atoms with Gasteiger partial charge in [-0.25, -0.2) is 14.2 Å². The van der Waals surface area contributed by atoms with Crippen molar-refractivity contribution in [1.82, 2.24) is 14.5 Å². The van der Waals surface area contributed by atoms with Crippen molar-refractivity contribution >= 4 is 23.0 Å². The molecule has 0 unspecified atom stereocenters. The number of nitrogens with one attached hydrogen (secondary N) is 1. The minimum atomic E-state index is -0.884. The molecule has 2 amide bonds. The lowest BCUT2D eigenvalue weighted by Crippen LogP contribution is -2.54. The van der Waals surface area contributed by atoms with E-state index in [0.717, 1.165) is 4.57 Å². The van der Waals surface area contributed by atoms with Gasteiger partial charge >= 0.3 is 11.7 Å². The summed E-state index contributed by atoms with van der Waals surface area (Å²) in [7, 11) is 0. The number of aryl methyl sites for hydroxylation is 1. The molecule has 0 spiro atoms. The van der Waals surface area contributed by atoms with E-state index in [1.807, 2.05) is 6.92 Å². The number of para-hydroxylation sites is 2. The van der Waals surface area contributed by atoms with Gasteiger partial charge in [-0.2, -0.15) is 0 Å². The van der Waals surface area contributed by atoms with Crippen LogP contribution >= 0.6 is 0 Å². The number of nitrogens with two attached hydrogens (primary N) is 1. The van der Waals surface area contributed by atoms with Gasteiger partial charge in [0.15, 0.2) is 0 Å². The predicted octanol–water partition coefficient (Wildman–Crippen LogP) is 1.28. The first-order valence-electron chi connectivity index (χ1n) is 7.49. The molecular weight excluding hydrogens is 296 g/mol. The van der Waals surface area contributed by atoms with Gasteiger partial charge in [-0.3, -0.25) is 9.36 Å². The normalized spacial score (nSPS) is 13.0. The van der Waals surface area contributed by atoms with Gasteiger partial charge < -0.3 is 11.1 Å². The minimum absolute atomic E-state index is 0.441. The zero-order valence-corrected chi connectivity index (χ0v) is 13.8.